The first-order valence-corrected chi connectivity index (χ1v) is 16.0. The van der Waals surface area contributed by atoms with Crippen molar-refractivity contribution >= 4 is 47.8 Å². The zero-order valence-electron chi connectivity index (χ0n) is 20.8. The number of aromatic nitrogens is 2. The lowest BCUT2D eigenvalue weighted by molar-refractivity contribution is 0.130. The number of hydrogen-bond acceptors (Lipinski definition) is 8. The third-order valence-corrected chi connectivity index (χ3v) is 10.3. The van der Waals surface area contributed by atoms with Crippen molar-refractivity contribution in [2.24, 2.45) is 4.36 Å². The molecule has 9 nitrogen and oxygen atoms in total. The monoisotopic (exact) mass is 547 g/mol. The summed E-state index contributed by atoms with van der Waals surface area (Å²) < 4.78 is 63.2. The molecule has 198 valence electrons. The van der Waals surface area contributed by atoms with E-state index in [0.29, 0.717) is 53.6 Å². The minimum Gasteiger partial charge on any atom is -0.487 e. The minimum absolute atomic E-state index is 0.208. The van der Waals surface area contributed by atoms with Gasteiger partial charge in [0.15, 0.2) is 0 Å². The summed E-state index contributed by atoms with van der Waals surface area (Å²) in [6, 6.07) is 7.87. The van der Waals surface area contributed by atoms with Crippen LogP contribution in [0.1, 0.15) is 31.2 Å². The van der Waals surface area contributed by atoms with Crippen LogP contribution in [0.5, 0.6) is 5.75 Å². The Kier molecular flexibility index (Phi) is 7.08. The van der Waals surface area contributed by atoms with Gasteiger partial charge in [0, 0.05) is 29.5 Å². The number of piperidine rings is 1. The van der Waals surface area contributed by atoms with E-state index in [4.69, 9.17) is 4.74 Å². The van der Waals surface area contributed by atoms with Gasteiger partial charge in [-0.15, -0.1) is 0 Å². The van der Waals surface area contributed by atoms with Crippen molar-refractivity contribution in [2.45, 2.75) is 38.7 Å². The zero-order valence-corrected chi connectivity index (χ0v) is 22.4. The van der Waals surface area contributed by atoms with Gasteiger partial charge in [0.2, 0.25) is 10.0 Å². The first kappa shape index (κ1) is 25.8. The van der Waals surface area contributed by atoms with E-state index in [2.05, 4.69) is 19.6 Å². The predicted octanol–water partition coefficient (Wildman–Crippen LogP) is 4.52. The Morgan fingerprint density at radius 2 is 1.95 bits per heavy atom. The fourth-order valence-electron chi connectivity index (χ4n) is 4.87. The molecule has 2 aliphatic heterocycles. The average molecular weight is 548 g/mol. The Balaban J connectivity index is 1.45. The number of sulfonamides is 1. The number of nitrogens with zero attached hydrogens (tertiary/aromatic N) is 4. The van der Waals surface area contributed by atoms with Gasteiger partial charge >= 0.3 is 0 Å². The molecule has 2 aromatic carbocycles. The molecule has 0 saturated carbocycles. The Hall–Kier alpha value is -2.83. The molecule has 0 aliphatic carbocycles. The maximum Gasteiger partial charge on any atom is 0.211 e. The van der Waals surface area contributed by atoms with Crippen LogP contribution in [0.4, 0.5) is 21.6 Å². The molecule has 0 radical (unpaired) electrons. The highest BCUT2D eigenvalue weighted by atomic mass is 32.2. The van der Waals surface area contributed by atoms with E-state index in [1.165, 1.54) is 29.0 Å². The van der Waals surface area contributed by atoms with Crippen molar-refractivity contribution in [3.05, 3.63) is 48.0 Å². The maximum absolute atomic E-state index is 14.2. The van der Waals surface area contributed by atoms with Crippen LogP contribution >= 0.6 is 0 Å². The van der Waals surface area contributed by atoms with Gasteiger partial charge in [-0.05, 0) is 62.4 Å². The van der Waals surface area contributed by atoms with E-state index >= 15 is 0 Å². The van der Waals surface area contributed by atoms with Gasteiger partial charge < -0.3 is 10.1 Å². The fourth-order valence-corrected chi connectivity index (χ4v) is 7.95. The number of aryl methyl sites for hydroxylation is 1. The lowest BCUT2D eigenvalue weighted by Gasteiger charge is -2.31. The first-order chi connectivity index (χ1) is 17.6. The highest BCUT2D eigenvalue weighted by Gasteiger charge is 2.28. The van der Waals surface area contributed by atoms with Crippen molar-refractivity contribution in [3.8, 4) is 5.75 Å². The quantitative estimate of drug-likeness (QED) is 0.483. The Morgan fingerprint density at radius 3 is 2.70 bits per heavy atom. The van der Waals surface area contributed by atoms with Crippen LogP contribution in [0.25, 0.3) is 10.9 Å². The molecule has 2 fully saturated rings. The molecule has 3 heterocycles. The van der Waals surface area contributed by atoms with E-state index in [1.807, 2.05) is 19.1 Å². The molecule has 0 unspecified atom stereocenters. The molecule has 0 bridgehead atoms. The summed E-state index contributed by atoms with van der Waals surface area (Å²) in [5.41, 5.74) is 2.65. The summed E-state index contributed by atoms with van der Waals surface area (Å²) in [7, 11) is -5.56. The molecule has 1 N–H and O–H groups in total. The van der Waals surface area contributed by atoms with E-state index in [1.54, 1.807) is 6.07 Å². The minimum atomic E-state index is -3.34. The topological polar surface area (TPSA) is 114 Å². The van der Waals surface area contributed by atoms with Crippen molar-refractivity contribution in [1.82, 2.24) is 14.3 Å². The van der Waals surface area contributed by atoms with Gasteiger partial charge in [0.25, 0.3) is 0 Å². The molecule has 0 amide bonds. The molecular weight excluding hydrogens is 517 g/mol. The number of rotatable bonds is 6. The Morgan fingerprint density at radius 1 is 1.16 bits per heavy atom. The van der Waals surface area contributed by atoms with E-state index in [-0.39, 0.29) is 12.3 Å². The number of benzene rings is 2. The lowest BCUT2D eigenvalue weighted by Crippen LogP contribution is -2.43. The van der Waals surface area contributed by atoms with Crippen LogP contribution in [0.2, 0.25) is 0 Å². The van der Waals surface area contributed by atoms with Gasteiger partial charge in [-0.1, -0.05) is 0 Å². The van der Waals surface area contributed by atoms with Crippen LogP contribution in [-0.4, -0.2) is 63.9 Å². The molecule has 37 heavy (non-hydrogen) atoms. The van der Waals surface area contributed by atoms with Crippen LogP contribution in [0.15, 0.2) is 41.0 Å². The predicted molar refractivity (Wildman–Crippen MR) is 143 cm³/mol. The van der Waals surface area contributed by atoms with Crippen molar-refractivity contribution in [3.63, 3.8) is 0 Å². The molecule has 5 rings (SSSR count). The van der Waals surface area contributed by atoms with Gasteiger partial charge in [-0.25, -0.2) is 27.0 Å². The summed E-state index contributed by atoms with van der Waals surface area (Å²) >= 11 is 0. The maximum atomic E-state index is 14.2. The normalized spacial score (nSPS) is 20.1. The van der Waals surface area contributed by atoms with Crippen LogP contribution in [-0.2, 0) is 19.8 Å². The lowest BCUT2D eigenvalue weighted by atomic mass is 10.1. The zero-order chi connectivity index (χ0) is 26.2. The van der Waals surface area contributed by atoms with Crippen molar-refractivity contribution in [2.75, 3.05) is 36.2 Å². The van der Waals surface area contributed by atoms with Crippen LogP contribution < -0.4 is 10.1 Å². The molecule has 1 aromatic heterocycles. The SMILES string of the molecule is Cc1cc(N=S2(=O)CCCC2)cc2ncnc(Nc3ccc(F)cc3O[C@@H]3CCCN(S(C)(=O)=O)C3)c12. The first-order valence-electron chi connectivity index (χ1n) is 12.3. The molecule has 2 aliphatic rings. The Labute approximate surface area is 216 Å². The molecule has 0 spiro atoms. The van der Waals surface area contributed by atoms with E-state index in [9.17, 15) is 17.0 Å². The number of hydrogen-bond donors (Lipinski definition) is 1. The largest absolute Gasteiger partial charge is 0.487 e. The van der Waals surface area contributed by atoms with Crippen LogP contribution in [0, 0.1) is 12.7 Å². The van der Waals surface area contributed by atoms with Gasteiger partial charge in [-0.2, -0.15) is 8.67 Å². The standard InChI is InChI=1S/C25H30FN5O4S2/c1-17-12-19(30-37(34)10-3-4-11-37)14-22-24(17)25(28-16-27-22)29-21-8-7-18(26)13-23(21)35-20-6-5-9-31(15-20)36(2,32)33/h7-8,12-14,16,20H,3-6,9-11,15H2,1-2H3,(H,27,28,29)/t20-/m1/s1. The van der Waals surface area contributed by atoms with Gasteiger partial charge in [-0.3, -0.25) is 0 Å². The molecule has 12 heteroatoms. The van der Waals surface area contributed by atoms with Gasteiger partial charge in [0.05, 0.1) is 39.4 Å². The van der Waals surface area contributed by atoms with Crippen LogP contribution in [0.3, 0.4) is 0 Å². The average Bonchev–Trinajstić information content (AvgIpc) is 3.26. The molecular formula is C25H30FN5O4S2. The number of nitrogens with one attached hydrogen (secondary N) is 1. The summed E-state index contributed by atoms with van der Waals surface area (Å²) in [6.45, 7) is 2.57. The number of anilines is 2. The molecule has 1 atom stereocenters. The van der Waals surface area contributed by atoms with Gasteiger partial charge in [0.1, 0.15) is 29.8 Å². The summed E-state index contributed by atoms with van der Waals surface area (Å²) in [6.07, 6.45) is 5.38. The second-order valence-corrected chi connectivity index (χ2v) is 14.2. The Bertz CT molecular complexity index is 1560. The summed E-state index contributed by atoms with van der Waals surface area (Å²) in [5, 5.41) is 4.02. The van der Waals surface area contributed by atoms with E-state index in [0.717, 1.165) is 23.8 Å². The third kappa shape index (κ3) is 5.86. The number of halogens is 1. The van der Waals surface area contributed by atoms with Crippen molar-refractivity contribution in [1.29, 1.82) is 0 Å². The van der Waals surface area contributed by atoms with E-state index < -0.39 is 31.7 Å². The number of fused-ring (bicyclic) bond motifs is 1. The smallest absolute Gasteiger partial charge is 0.211 e. The highest BCUT2D eigenvalue weighted by Crippen LogP contribution is 2.35. The fraction of sp³-hybridized carbons (Fsp3) is 0.440. The van der Waals surface area contributed by atoms with Crippen molar-refractivity contribution < 1.29 is 21.8 Å². The second-order valence-electron chi connectivity index (χ2n) is 9.63. The second kappa shape index (κ2) is 10.1. The number of ether oxygens (including phenoxy) is 1. The summed E-state index contributed by atoms with van der Waals surface area (Å²) in [5.74, 6) is 1.56. The highest BCUT2D eigenvalue weighted by molar-refractivity contribution is 7.93. The summed E-state index contributed by atoms with van der Waals surface area (Å²) in [4.78, 5) is 8.82. The third-order valence-electron chi connectivity index (χ3n) is 6.67. The molecule has 3 aromatic rings. The molecule has 2 saturated heterocycles.